The number of aromatic amines is 1. The number of fused-ring (bicyclic) bond motifs is 1. The number of hydrogen-bond donors (Lipinski definition) is 1. The Morgan fingerprint density at radius 1 is 1.50 bits per heavy atom. The molecule has 0 radical (unpaired) electrons. The highest BCUT2D eigenvalue weighted by Crippen LogP contribution is 2.36. The van der Waals surface area contributed by atoms with E-state index < -0.39 is 6.17 Å². The van der Waals surface area contributed by atoms with Gasteiger partial charge in [0, 0.05) is 22.9 Å². The van der Waals surface area contributed by atoms with Gasteiger partial charge in [-0.05, 0) is 37.7 Å². The molecular weight excluding hydrogens is 253 g/mol. The second-order valence-electron chi connectivity index (χ2n) is 5.00. The summed E-state index contributed by atoms with van der Waals surface area (Å²) >= 11 is 6.27. The fraction of sp³-hybridized carbons (Fsp3) is 0.462. The van der Waals surface area contributed by atoms with Crippen LogP contribution in [0.15, 0.2) is 18.3 Å². The molecule has 0 aliphatic carbocycles. The number of aromatic nitrogens is 2. The van der Waals surface area contributed by atoms with Crippen LogP contribution in [0.3, 0.4) is 0 Å². The summed E-state index contributed by atoms with van der Waals surface area (Å²) in [6.45, 7) is 1.38. The number of alkyl halides is 1. The molecule has 3 nitrogen and oxygen atoms in total. The number of rotatable bonds is 1. The predicted molar refractivity (Wildman–Crippen MR) is 70.9 cm³/mol. The minimum atomic E-state index is -0.860. The van der Waals surface area contributed by atoms with Crippen molar-refractivity contribution in [3.8, 4) is 0 Å². The molecular formula is C13H15ClFN3. The van der Waals surface area contributed by atoms with Crippen LogP contribution < -0.4 is 0 Å². The Labute approximate surface area is 110 Å². The average Bonchev–Trinajstić information content (AvgIpc) is 2.75. The number of hydrogen-bond acceptors (Lipinski definition) is 2. The topological polar surface area (TPSA) is 31.9 Å². The highest BCUT2D eigenvalue weighted by atomic mass is 35.5. The summed E-state index contributed by atoms with van der Waals surface area (Å²) < 4.78 is 14.2. The van der Waals surface area contributed by atoms with Gasteiger partial charge in [0.05, 0.1) is 11.7 Å². The molecule has 0 spiro atoms. The quantitative estimate of drug-likeness (QED) is 0.861. The Hall–Kier alpha value is -1.13. The summed E-state index contributed by atoms with van der Waals surface area (Å²) in [5.41, 5.74) is 1.81. The molecule has 1 N–H and O–H groups in total. The van der Waals surface area contributed by atoms with Gasteiger partial charge in [-0.15, -0.1) is 0 Å². The zero-order chi connectivity index (χ0) is 12.7. The van der Waals surface area contributed by atoms with Crippen LogP contribution in [-0.4, -0.2) is 41.4 Å². The lowest BCUT2D eigenvalue weighted by molar-refractivity contribution is 0.139. The molecule has 18 heavy (non-hydrogen) atoms. The molecule has 2 aromatic rings. The van der Waals surface area contributed by atoms with Gasteiger partial charge in [-0.25, -0.2) is 4.39 Å². The predicted octanol–water partition coefficient (Wildman–Crippen LogP) is 2.97. The van der Waals surface area contributed by atoms with Crippen molar-refractivity contribution in [3.05, 3.63) is 28.9 Å². The van der Waals surface area contributed by atoms with Crippen LogP contribution in [-0.2, 0) is 0 Å². The Kier molecular flexibility index (Phi) is 2.99. The fourth-order valence-corrected chi connectivity index (χ4v) is 2.98. The van der Waals surface area contributed by atoms with Gasteiger partial charge >= 0.3 is 0 Å². The maximum absolute atomic E-state index is 14.2. The van der Waals surface area contributed by atoms with E-state index in [2.05, 4.69) is 10.2 Å². The Morgan fingerprint density at radius 2 is 2.33 bits per heavy atom. The van der Waals surface area contributed by atoms with Crippen molar-refractivity contribution in [3.63, 3.8) is 0 Å². The molecule has 1 saturated heterocycles. The second kappa shape index (κ2) is 4.52. The molecule has 0 bridgehead atoms. The molecule has 0 saturated carbocycles. The molecule has 2 heterocycles. The van der Waals surface area contributed by atoms with E-state index in [0.29, 0.717) is 11.6 Å². The molecule has 96 valence electrons. The lowest BCUT2D eigenvalue weighted by Crippen LogP contribution is -2.38. The number of likely N-dealkylation sites (tertiary alicyclic amines) is 1. The Balaban J connectivity index is 2.00. The molecule has 3 rings (SSSR count). The number of benzene rings is 1. The van der Waals surface area contributed by atoms with Gasteiger partial charge in [-0.3, -0.25) is 5.10 Å². The van der Waals surface area contributed by atoms with Crippen LogP contribution in [0.2, 0.25) is 5.02 Å². The largest absolute Gasteiger partial charge is 0.303 e. The average molecular weight is 268 g/mol. The first-order valence-corrected chi connectivity index (χ1v) is 6.48. The summed E-state index contributed by atoms with van der Waals surface area (Å²) in [7, 11) is 1.95. The summed E-state index contributed by atoms with van der Waals surface area (Å²) in [6.07, 6.45) is 1.67. The summed E-state index contributed by atoms with van der Waals surface area (Å²) in [6, 6.07) is 3.80. The van der Waals surface area contributed by atoms with E-state index in [4.69, 9.17) is 11.6 Å². The van der Waals surface area contributed by atoms with Gasteiger partial charge in [0.25, 0.3) is 0 Å². The number of nitrogens with one attached hydrogen (secondary N) is 1. The molecule has 0 amide bonds. The van der Waals surface area contributed by atoms with E-state index in [0.717, 1.165) is 29.4 Å². The van der Waals surface area contributed by atoms with Crippen molar-refractivity contribution in [2.75, 3.05) is 20.1 Å². The molecule has 1 fully saturated rings. The van der Waals surface area contributed by atoms with E-state index in [9.17, 15) is 4.39 Å². The molecule has 5 heteroatoms. The monoisotopic (exact) mass is 267 g/mol. The summed E-state index contributed by atoms with van der Waals surface area (Å²) in [5, 5.41) is 8.49. The minimum Gasteiger partial charge on any atom is -0.303 e. The van der Waals surface area contributed by atoms with Gasteiger partial charge in [-0.2, -0.15) is 5.10 Å². The van der Waals surface area contributed by atoms with Crippen molar-refractivity contribution < 1.29 is 4.39 Å². The van der Waals surface area contributed by atoms with Crippen molar-refractivity contribution in [1.82, 2.24) is 15.1 Å². The summed E-state index contributed by atoms with van der Waals surface area (Å²) in [4.78, 5) is 2.02. The number of nitrogens with zero attached hydrogens (tertiary/aromatic N) is 2. The first kappa shape index (κ1) is 11.9. The normalized spacial score (nSPS) is 25.7. The third-order valence-electron chi connectivity index (χ3n) is 3.70. The van der Waals surface area contributed by atoms with Crippen LogP contribution >= 0.6 is 11.6 Å². The van der Waals surface area contributed by atoms with Crippen LogP contribution in [0.1, 0.15) is 17.9 Å². The van der Waals surface area contributed by atoms with Gasteiger partial charge < -0.3 is 4.90 Å². The van der Waals surface area contributed by atoms with Crippen molar-refractivity contribution >= 4 is 22.5 Å². The highest BCUT2D eigenvalue weighted by Gasteiger charge is 2.30. The van der Waals surface area contributed by atoms with Gasteiger partial charge in [0.1, 0.15) is 6.17 Å². The Morgan fingerprint density at radius 3 is 3.11 bits per heavy atom. The standard InChI is InChI=1S/C13H15ClFN3/c1-18-3-2-9(12(15)7-18)10-5-13-8(4-11(10)14)6-16-17-13/h4-6,9,12H,2-3,7H2,1H3,(H,16,17). The van der Waals surface area contributed by atoms with Crippen molar-refractivity contribution in [2.45, 2.75) is 18.5 Å². The molecule has 1 aromatic heterocycles. The van der Waals surface area contributed by atoms with Gasteiger partial charge in [0.2, 0.25) is 0 Å². The van der Waals surface area contributed by atoms with E-state index in [1.54, 1.807) is 6.20 Å². The molecule has 2 atom stereocenters. The zero-order valence-corrected chi connectivity index (χ0v) is 10.9. The van der Waals surface area contributed by atoms with Gasteiger partial charge in [0.15, 0.2) is 0 Å². The smallest absolute Gasteiger partial charge is 0.120 e. The molecule has 2 unspecified atom stereocenters. The fourth-order valence-electron chi connectivity index (χ4n) is 2.67. The maximum atomic E-state index is 14.2. The number of halogens is 2. The zero-order valence-electron chi connectivity index (χ0n) is 10.2. The lowest BCUT2D eigenvalue weighted by Gasteiger charge is -2.32. The van der Waals surface area contributed by atoms with E-state index in [1.165, 1.54) is 0 Å². The third kappa shape index (κ3) is 1.99. The van der Waals surface area contributed by atoms with Crippen LogP contribution in [0, 0.1) is 0 Å². The number of piperidine rings is 1. The molecule has 1 aliphatic heterocycles. The number of H-pyrrole nitrogens is 1. The van der Waals surface area contributed by atoms with E-state index in [-0.39, 0.29) is 5.92 Å². The Bertz CT molecular complexity index is 568. The van der Waals surface area contributed by atoms with Gasteiger partial charge in [-0.1, -0.05) is 11.6 Å². The minimum absolute atomic E-state index is 0.110. The van der Waals surface area contributed by atoms with Crippen LogP contribution in [0.4, 0.5) is 4.39 Å². The second-order valence-corrected chi connectivity index (χ2v) is 5.41. The molecule has 1 aliphatic rings. The first-order valence-electron chi connectivity index (χ1n) is 6.10. The molecule has 1 aromatic carbocycles. The lowest BCUT2D eigenvalue weighted by atomic mass is 9.87. The van der Waals surface area contributed by atoms with E-state index >= 15 is 0 Å². The third-order valence-corrected chi connectivity index (χ3v) is 4.03. The van der Waals surface area contributed by atoms with Crippen molar-refractivity contribution in [2.24, 2.45) is 0 Å². The highest BCUT2D eigenvalue weighted by molar-refractivity contribution is 6.32. The van der Waals surface area contributed by atoms with E-state index in [1.807, 2.05) is 24.1 Å². The first-order chi connectivity index (χ1) is 8.65. The summed E-state index contributed by atoms with van der Waals surface area (Å²) in [5.74, 6) is -0.110. The van der Waals surface area contributed by atoms with Crippen molar-refractivity contribution in [1.29, 1.82) is 0 Å². The maximum Gasteiger partial charge on any atom is 0.120 e. The van der Waals surface area contributed by atoms with Crippen LogP contribution in [0.25, 0.3) is 10.9 Å². The SMILES string of the molecule is CN1CCC(c2cc3[nH]ncc3cc2Cl)C(F)C1. The van der Waals surface area contributed by atoms with Crippen LogP contribution in [0.5, 0.6) is 0 Å².